The zero-order chi connectivity index (χ0) is 21.4. The van der Waals surface area contributed by atoms with Gasteiger partial charge in [0.25, 0.3) is 0 Å². The second kappa shape index (κ2) is 18.3. The van der Waals surface area contributed by atoms with E-state index in [9.17, 15) is 0 Å². The fraction of sp³-hybridized carbons (Fsp3) is 0.958. The maximum atomic E-state index is 4.57. The minimum absolute atomic E-state index is 0. The predicted molar refractivity (Wildman–Crippen MR) is 127 cm³/mol. The summed E-state index contributed by atoms with van der Waals surface area (Å²) in [7, 11) is 4.69. The molecule has 2 saturated carbocycles. The van der Waals surface area contributed by atoms with Crippen molar-refractivity contribution in [3.63, 3.8) is 0 Å². The van der Waals surface area contributed by atoms with E-state index < -0.39 is 0 Å². The second-order valence-electron chi connectivity index (χ2n) is 10.1. The van der Waals surface area contributed by atoms with Crippen LogP contribution in [0, 0.1) is 66.6 Å². The first kappa shape index (κ1) is 37.1. The maximum Gasteiger partial charge on any atom is 1.00 e. The number of hydrogen-bond donors (Lipinski definition) is 0. The van der Waals surface area contributed by atoms with E-state index in [0.29, 0.717) is 0 Å². The Bertz CT molecular complexity index is 231. The van der Waals surface area contributed by atoms with Crippen LogP contribution in [-0.2, 0) is 36.8 Å². The molecule has 0 spiro atoms. The van der Waals surface area contributed by atoms with Crippen molar-refractivity contribution in [2.24, 2.45) is 59.2 Å². The summed E-state index contributed by atoms with van der Waals surface area (Å²) < 4.78 is 0. The van der Waals surface area contributed by atoms with Crippen LogP contribution in [0.15, 0.2) is 0 Å². The van der Waals surface area contributed by atoms with Crippen LogP contribution < -0.4 is 0 Å². The van der Waals surface area contributed by atoms with Gasteiger partial charge in [0.15, 0.2) is 0 Å². The second-order valence-corrected chi connectivity index (χ2v) is 13.1. The van der Waals surface area contributed by atoms with Gasteiger partial charge in [0.1, 0.15) is 0 Å². The van der Waals surface area contributed by atoms with Crippen molar-refractivity contribution < 1.29 is 36.8 Å². The smallest absolute Gasteiger partial charge is 1.00 e. The van der Waals surface area contributed by atoms with Crippen molar-refractivity contribution in [1.29, 1.82) is 0 Å². The molecule has 0 heterocycles. The van der Waals surface area contributed by atoms with Crippen molar-refractivity contribution >= 4 is 18.5 Å². The average molecular weight is 606 g/mol. The van der Waals surface area contributed by atoms with Gasteiger partial charge in [0.05, 0.1) is 0 Å². The van der Waals surface area contributed by atoms with Gasteiger partial charge < -0.3 is 7.43 Å². The van der Waals surface area contributed by atoms with E-state index in [1.807, 2.05) is 17.3 Å². The zero-order valence-electron chi connectivity index (χ0n) is 21.4. The molecule has 0 N–H and O–H groups in total. The number of halogens is 1. The topological polar surface area (TPSA) is 0 Å². The van der Waals surface area contributed by atoms with Crippen LogP contribution in [0.3, 0.4) is 0 Å². The molecule has 0 nitrogen and oxygen atoms in total. The molecule has 0 saturated heterocycles. The van der Waals surface area contributed by atoms with Crippen LogP contribution in [0.2, 0.25) is 19.6 Å². The van der Waals surface area contributed by atoms with Gasteiger partial charge in [0, 0.05) is 8.80 Å². The third kappa shape index (κ3) is 11.4. The first-order valence-corrected chi connectivity index (χ1v) is 16.0. The zero-order valence-corrected chi connectivity index (χ0v) is 26.6. The quantitative estimate of drug-likeness (QED) is 0.191. The fourth-order valence-corrected chi connectivity index (χ4v) is 4.79. The molecule has 2 aliphatic carbocycles. The molecule has 2 aliphatic rings. The van der Waals surface area contributed by atoms with Gasteiger partial charge in [0.2, 0.25) is 0 Å². The Hall–Kier alpha value is 1.75. The molecule has 2 radical (unpaired) electrons. The molecule has 0 bridgehead atoms. The van der Waals surface area contributed by atoms with Crippen molar-refractivity contribution in [3.05, 3.63) is 7.43 Å². The molecule has 0 aromatic heterocycles. The molecule has 0 aromatic rings. The van der Waals surface area contributed by atoms with Crippen LogP contribution in [0.4, 0.5) is 0 Å². The van der Waals surface area contributed by atoms with Crippen molar-refractivity contribution in [2.75, 3.05) is 0 Å². The Labute approximate surface area is 209 Å². The van der Waals surface area contributed by atoms with Crippen LogP contribution in [-0.4, -0.2) is 8.80 Å². The molecule has 0 amide bonds. The Morgan fingerprint density at radius 2 is 0.464 bits per heavy atom. The first-order chi connectivity index (χ1) is 11.8. The standard InChI is InChI=1S/2C10H20.C3H9Si.CH3.ClH.2Ru/c2*1-6-7(2)9(4)10(5)8(6)3;1-4(2)3;;;;/h2*6-10H,1-5H3;1-3H3;1H3;1H;;/q;;;-1;;+1;+3/p-1. The van der Waals surface area contributed by atoms with Gasteiger partial charge in [-0.2, -0.15) is 0 Å². The molecule has 173 valence electrons. The van der Waals surface area contributed by atoms with Gasteiger partial charge in [-0.3, -0.25) is 0 Å². The summed E-state index contributed by atoms with van der Waals surface area (Å²) >= 11 is 1.82. The van der Waals surface area contributed by atoms with E-state index >= 15 is 0 Å². The summed E-state index contributed by atoms with van der Waals surface area (Å²) in [5.41, 5.74) is 0. The van der Waals surface area contributed by atoms with E-state index in [1.54, 1.807) is 0 Å². The Kier molecular flexibility index (Phi) is 24.3. The third-order valence-corrected chi connectivity index (χ3v) is 8.29. The van der Waals surface area contributed by atoms with Crippen LogP contribution in [0.5, 0.6) is 0 Å². The fourth-order valence-electron chi connectivity index (χ4n) is 4.79. The molecule has 0 aromatic carbocycles. The van der Waals surface area contributed by atoms with Crippen LogP contribution >= 0.6 is 9.69 Å². The van der Waals surface area contributed by atoms with Crippen molar-refractivity contribution in [1.82, 2.24) is 0 Å². The largest absolute Gasteiger partial charge is 1.00 e. The molecular formula is C24H52ClRu2Si+2. The summed E-state index contributed by atoms with van der Waals surface area (Å²) in [6, 6.07) is 0. The van der Waals surface area contributed by atoms with Crippen LogP contribution in [0.1, 0.15) is 69.2 Å². The Morgan fingerprint density at radius 1 is 0.429 bits per heavy atom. The van der Waals surface area contributed by atoms with Gasteiger partial charge in [-0.1, -0.05) is 88.9 Å². The van der Waals surface area contributed by atoms with Gasteiger partial charge in [-0.05, 0) is 59.2 Å². The van der Waals surface area contributed by atoms with E-state index in [0.717, 1.165) is 59.2 Å². The van der Waals surface area contributed by atoms with E-state index in [1.165, 1.54) is 0 Å². The predicted octanol–water partition coefficient (Wildman–Crippen LogP) is 8.87. The van der Waals surface area contributed by atoms with E-state index in [2.05, 4.69) is 98.6 Å². The molecule has 0 aliphatic heterocycles. The van der Waals surface area contributed by atoms with E-state index in [-0.39, 0.29) is 35.7 Å². The first-order valence-electron chi connectivity index (χ1n) is 10.7. The Morgan fingerprint density at radius 3 is 0.500 bits per heavy atom. The summed E-state index contributed by atoms with van der Waals surface area (Å²) in [6.45, 7) is 30.8. The molecule has 2 fully saturated rings. The minimum atomic E-state index is 0. The summed E-state index contributed by atoms with van der Waals surface area (Å²) in [5.74, 6) is 9.35. The third-order valence-electron chi connectivity index (χ3n) is 8.29. The molecular weight excluding hydrogens is 554 g/mol. The normalized spacial score (nSPS) is 41.1. The monoisotopic (exact) mass is 607 g/mol. The number of hydrogen-bond acceptors (Lipinski definition) is 0. The average Bonchev–Trinajstić information content (AvgIpc) is 2.87. The minimum Gasteiger partial charge on any atom is 1.00 e. The van der Waals surface area contributed by atoms with Gasteiger partial charge in [-0.25, -0.2) is 0 Å². The molecule has 28 heavy (non-hydrogen) atoms. The van der Waals surface area contributed by atoms with Crippen LogP contribution in [0.25, 0.3) is 0 Å². The molecule has 4 heteroatoms. The maximum absolute atomic E-state index is 4.57. The summed E-state index contributed by atoms with van der Waals surface area (Å²) in [4.78, 5) is 0. The van der Waals surface area contributed by atoms with Crippen molar-refractivity contribution in [2.45, 2.75) is 88.9 Å². The van der Waals surface area contributed by atoms with E-state index in [4.69, 9.17) is 0 Å². The SMILES string of the molecule is CC1C(C)C(C)C(C)C1C.CC1C(C)C(C)C(C)C1C.C[Si](C)C.[CH3-].[Cl][Ru+2].[Ru+]. The van der Waals surface area contributed by atoms with Gasteiger partial charge in [-0.15, -0.1) is 0 Å². The molecule has 2 rings (SSSR count). The Balaban J connectivity index is -0.000000153. The summed E-state index contributed by atoms with van der Waals surface area (Å²) in [5, 5.41) is 0. The molecule has 0 unspecified atom stereocenters. The molecule has 0 atom stereocenters. The number of rotatable bonds is 0. The summed E-state index contributed by atoms with van der Waals surface area (Å²) in [6.07, 6.45) is 0. The van der Waals surface area contributed by atoms with Crippen molar-refractivity contribution in [3.8, 4) is 0 Å². The van der Waals surface area contributed by atoms with Gasteiger partial charge >= 0.3 is 46.5 Å².